The molecule has 20 heavy (non-hydrogen) atoms. The third-order valence-electron chi connectivity index (χ3n) is 2.45. The molecule has 3 N–H and O–H groups in total. The first-order chi connectivity index (χ1) is 9.51. The predicted octanol–water partition coefficient (Wildman–Crippen LogP) is 3.09. The lowest BCUT2D eigenvalue weighted by Gasteiger charge is -2.08. The lowest BCUT2D eigenvalue weighted by molar-refractivity contribution is 0.102. The molecule has 0 saturated heterocycles. The van der Waals surface area contributed by atoms with Crippen LogP contribution < -0.4 is 11.1 Å². The molecule has 1 heterocycles. The van der Waals surface area contributed by atoms with Crippen molar-refractivity contribution in [2.24, 2.45) is 0 Å². The van der Waals surface area contributed by atoms with Crippen LogP contribution in [0.3, 0.4) is 0 Å². The van der Waals surface area contributed by atoms with Crippen LogP contribution in [0.5, 0.6) is 0 Å². The Morgan fingerprint density at radius 3 is 2.75 bits per heavy atom. The van der Waals surface area contributed by atoms with E-state index >= 15 is 0 Å². The van der Waals surface area contributed by atoms with E-state index in [1.54, 1.807) is 6.07 Å². The number of aromatic nitrogens is 1. The van der Waals surface area contributed by atoms with Gasteiger partial charge in [-0.2, -0.15) is 5.26 Å². The summed E-state index contributed by atoms with van der Waals surface area (Å²) >= 11 is 11.8. The Labute approximate surface area is 124 Å². The standard InChI is InChI=1S/C13H8Cl2N4O/c14-10-3-7(5-16)1-2-11(10)19-13(20)9-4-8(17)6-18-12(9)15/h1-4,6H,17H2,(H,19,20). The number of pyridine rings is 1. The van der Waals surface area contributed by atoms with Gasteiger partial charge in [-0.1, -0.05) is 23.2 Å². The molecule has 7 heteroatoms. The zero-order valence-corrected chi connectivity index (χ0v) is 11.5. The van der Waals surface area contributed by atoms with Gasteiger partial charge in [-0.3, -0.25) is 4.79 Å². The Hall–Kier alpha value is -2.29. The van der Waals surface area contributed by atoms with E-state index in [1.807, 2.05) is 6.07 Å². The van der Waals surface area contributed by atoms with Crippen molar-refractivity contribution in [2.75, 3.05) is 11.1 Å². The van der Waals surface area contributed by atoms with E-state index < -0.39 is 5.91 Å². The number of carbonyl (C=O) groups is 1. The second-order valence-corrected chi connectivity index (χ2v) is 4.63. The quantitative estimate of drug-likeness (QED) is 0.834. The number of nitriles is 1. The maximum absolute atomic E-state index is 12.1. The number of carbonyl (C=O) groups excluding carboxylic acids is 1. The minimum absolute atomic E-state index is 0.0430. The lowest BCUT2D eigenvalue weighted by Crippen LogP contribution is -2.13. The third-order valence-corrected chi connectivity index (χ3v) is 3.07. The van der Waals surface area contributed by atoms with Crippen molar-refractivity contribution in [3.63, 3.8) is 0 Å². The van der Waals surface area contributed by atoms with Gasteiger partial charge in [0.1, 0.15) is 5.15 Å². The molecule has 0 spiro atoms. The average Bonchev–Trinajstić information content (AvgIpc) is 2.43. The van der Waals surface area contributed by atoms with Gasteiger partial charge in [-0.25, -0.2) is 4.98 Å². The second-order valence-electron chi connectivity index (χ2n) is 3.87. The molecule has 0 saturated carbocycles. The second kappa shape index (κ2) is 5.78. The normalized spacial score (nSPS) is 9.85. The van der Waals surface area contributed by atoms with Crippen LogP contribution in [0.15, 0.2) is 30.5 Å². The monoisotopic (exact) mass is 306 g/mol. The number of hydrogen-bond donors (Lipinski definition) is 2. The van der Waals surface area contributed by atoms with E-state index in [4.69, 9.17) is 34.2 Å². The predicted molar refractivity (Wildman–Crippen MR) is 77.8 cm³/mol. The Morgan fingerprint density at radius 2 is 2.10 bits per heavy atom. The SMILES string of the molecule is N#Cc1ccc(NC(=O)c2cc(N)cnc2Cl)c(Cl)c1. The average molecular weight is 307 g/mol. The van der Waals surface area contributed by atoms with Crippen LogP contribution in [0.2, 0.25) is 10.2 Å². The first-order valence-corrected chi connectivity index (χ1v) is 6.19. The molecule has 2 aromatic rings. The maximum Gasteiger partial charge on any atom is 0.258 e. The van der Waals surface area contributed by atoms with Crippen molar-refractivity contribution in [3.8, 4) is 6.07 Å². The summed E-state index contributed by atoms with van der Waals surface area (Å²) in [5.41, 5.74) is 6.80. The molecule has 1 amide bonds. The highest BCUT2D eigenvalue weighted by Crippen LogP contribution is 2.24. The van der Waals surface area contributed by atoms with Gasteiger partial charge in [0.25, 0.3) is 5.91 Å². The fraction of sp³-hybridized carbons (Fsp3) is 0. The van der Waals surface area contributed by atoms with Crippen molar-refractivity contribution in [2.45, 2.75) is 0 Å². The highest BCUT2D eigenvalue weighted by molar-refractivity contribution is 6.35. The van der Waals surface area contributed by atoms with E-state index in [-0.39, 0.29) is 15.7 Å². The lowest BCUT2D eigenvalue weighted by atomic mass is 10.2. The summed E-state index contributed by atoms with van der Waals surface area (Å²) in [5, 5.41) is 11.6. The Morgan fingerprint density at radius 1 is 1.35 bits per heavy atom. The number of hydrogen-bond acceptors (Lipinski definition) is 4. The Bertz CT molecular complexity index is 725. The fourth-order valence-electron chi connectivity index (χ4n) is 1.50. The summed E-state index contributed by atoms with van der Waals surface area (Å²) in [7, 11) is 0. The number of halogens is 2. The number of nitrogen functional groups attached to an aromatic ring is 1. The van der Waals surface area contributed by atoms with Crippen LogP contribution in [0, 0.1) is 11.3 Å². The summed E-state index contributed by atoms with van der Waals surface area (Å²) in [6, 6.07) is 7.90. The van der Waals surface area contributed by atoms with Crippen LogP contribution in [-0.2, 0) is 0 Å². The number of anilines is 2. The molecule has 0 unspecified atom stereocenters. The highest BCUT2D eigenvalue weighted by atomic mass is 35.5. The van der Waals surface area contributed by atoms with E-state index in [1.165, 1.54) is 24.4 Å². The molecule has 0 fully saturated rings. The molecular weight excluding hydrogens is 299 g/mol. The van der Waals surface area contributed by atoms with Gasteiger partial charge in [0, 0.05) is 0 Å². The van der Waals surface area contributed by atoms with Crippen molar-refractivity contribution >= 4 is 40.5 Å². The fourth-order valence-corrected chi connectivity index (χ4v) is 1.92. The molecule has 1 aromatic carbocycles. The summed E-state index contributed by atoms with van der Waals surface area (Å²) in [5.74, 6) is -0.485. The number of nitrogens with one attached hydrogen (secondary N) is 1. The maximum atomic E-state index is 12.1. The molecule has 0 aliphatic carbocycles. The number of benzene rings is 1. The first-order valence-electron chi connectivity index (χ1n) is 5.43. The van der Waals surface area contributed by atoms with Gasteiger partial charge in [0.2, 0.25) is 0 Å². The molecule has 2 rings (SSSR count). The van der Waals surface area contributed by atoms with Gasteiger partial charge < -0.3 is 11.1 Å². The molecule has 100 valence electrons. The molecule has 0 bridgehead atoms. The van der Waals surface area contributed by atoms with Crippen molar-refractivity contribution in [1.29, 1.82) is 5.26 Å². The smallest absolute Gasteiger partial charge is 0.258 e. The molecule has 0 aliphatic rings. The topological polar surface area (TPSA) is 91.8 Å². The van der Waals surface area contributed by atoms with Crippen LogP contribution >= 0.6 is 23.2 Å². The summed E-state index contributed by atoms with van der Waals surface area (Å²) in [6.45, 7) is 0. The van der Waals surface area contributed by atoms with E-state index in [9.17, 15) is 4.79 Å². The highest BCUT2D eigenvalue weighted by Gasteiger charge is 2.13. The van der Waals surface area contributed by atoms with E-state index in [0.717, 1.165) is 0 Å². The molecule has 5 nitrogen and oxygen atoms in total. The minimum atomic E-state index is -0.485. The van der Waals surface area contributed by atoms with Crippen LogP contribution in [0.1, 0.15) is 15.9 Å². The van der Waals surface area contributed by atoms with E-state index in [2.05, 4.69) is 10.3 Å². The van der Waals surface area contributed by atoms with Gasteiger partial charge >= 0.3 is 0 Å². The van der Waals surface area contributed by atoms with Crippen LogP contribution in [-0.4, -0.2) is 10.9 Å². The third kappa shape index (κ3) is 2.99. The Kier molecular flexibility index (Phi) is 4.08. The Balaban J connectivity index is 2.28. The number of rotatable bonds is 2. The van der Waals surface area contributed by atoms with Crippen LogP contribution in [0.4, 0.5) is 11.4 Å². The summed E-state index contributed by atoms with van der Waals surface area (Å²) in [4.78, 5) is 15.9. The van der Waals surface area contributed by atoms with Gasteiger partial charge in [0.05, 0.1) is 39.8 Å². The molecule has 0 atom stereocenters. The first kappa shape index (κ1) is 14.1. The van der Waals surface area contributed by atoms with Gasteiger partial charge in [-0.15, -0.1) is 0 Å². The van der Waals surface area contributed by atoms with Crippen molar-refractivity contribution in [1.82, 2.24) is 4.98 Å². The van der Waals surface area contributed by atoms with E-state index in [0.29, 0.717) is 16.9 Å². The largest absolute Gasteiger partial charge is 0.397 e. The van der Waals surface area contributed by atoms with Gasteiger partial charge in [-0.05, 0) is 24.3 Å². The van der Waals surface area contributed by atoms with Crippen molar-refractivity contribution in [3.05, 3.63) is 51.8 Å². The molecule has 0 aliphatic heterocycles. The minimum Gasteiger partial charge on any atom is -0.397 e. The molecule has 1 aromatic heterocycles. The zero-order chi connectivity index (χ0) is 14.7. The van der Waals surface area contributed by atoms with Crippen molar-refractivity contribution < 1.29 is 4.79 Å². The summed E-state index contributed by atoms with van der Waals surface area (Å²) < 4.78 is 0. The molecular formula is C13H8Cl2N4O. The number of amides is 1. The zero-order valence-electron chi connectivity index (χ0n) is 10.0. The number of nitrogens with zero attached hydrogens (tertiary/aromatic N) is 2. The summed E-state index contributed by atoms with van der Waals surface area (Å²) in [6.07, 6.45) is 1.35. The number of nitrogens with two attached hydrogens (primary N) is 1. The van der Waals surface area contributed by atoms with Crippen LogP contribution in [0.25, 0.3) is 0 Å². The van der Waals surface area contributed by atoms with Gasteiger partial charge in [0.15, 0.2) is 0 Å². The molecule has 0 radical (unpaired) electrons.